The zero-order valence-electron chi connectivity index (χ0n) is 12.7. The molecule has 2 aromatic rings. The van der Waals surface area contributed by atoms with Gasteiger partial charge in [0.15, 0.2) is 0 Å². The third-order valence-corrected chi connectivity index (χ3v) is 5.68. The summed E-state index contributed by atoms with van der Waals surface area (Å²) in [7, 11) is -3.68. The lowest BCUT2D eigenvalue weighted by atomic mass is 10.0. The molecule has 0 radical (unpaired) electrons. The number of para-hydroxylation sites is 1. The number of hydrogen-bond donors (Lipinski definition) is 0. The number of hydrogen-bond acceptors (Lipinski definition) is 4. The molecule has 2 aromatic carbocycles. The Kier molecular flexibility index (Phi) is 4.09. The normalized spacial score (nSPS) is 18.5. The maximum atomic E-state index is 12.9. The topological polar surface area (TPSA) is 63.7 Å². The number of carbonyl (C=O) groups excluding carboxylic acids is 1. The molecule has 6 heteroatoms. The molecule has 120 valence electrons. The van der Waals surface area contributed by atoms with Crippen molar-refractivity contribution in [2.75, 3.05) is 10.9 Å². The molecule has 0 amide bonds. The summed E-state index contributed by atoms with van der Waals surface area (Å²) in [5.74, 6) is -0.412. The summed E-state index contributed by atoms with van der Waals surface area (Å²) >= 11 is 0. The molecule has 23 heavy (non-hydrogen) atoms. The average Bonchev–Trinajstić information content (AvgIpc) is 2.76. The first-order valence-electron chi connectivity index (χ1n) is 7.39. The third kappa shape index (κ3) is 2.70. The van der Waals surface area contributed by atoms with Gasteiger partial charge in [0.05, 0.1) is 29.7 Å². The van der Waals surface area contributed by atoms with Gasteiger partial charge in [-0.05, 0) is 30.7 Å². The lowest BCUT2D eigenvalue weighted by Crippen LogP contribution is -2.29. The van der Waals surface area contributed by atoms with Gasteiger partial charge in [0.1, 0.15) is 0 Å². The van der Waals surface area contributed by atoms with Crippen LogP contribution in [0.3, 0.4) is 0 Å². The predicted molar refractivity (Wildman–Crippen MR) is 86.5 cm³/mol. The number of ether oxygens (including phenoxy) is 1. The van der Waals surface area contributed by atoms with E-state index in [0.717, 1.165) is 0 Å². The van der Waals surface area contributed by atoms with Crippen molar-refractivity contribution in [2.45, 2.75) is 24.3 Å². The van der Waals surface area contributed by atoms with E-state index in [1.807, 2.05) is 6.07 Å². The molecule has 1 unspecified atom stereocenters. The summed E-state index contributed by atoms with van der Waals surface area (Å²) in [4.78, 5) is 12.2. The van der Waals surface area contributed by atoms with Gasteiger partial charge >= 0.3 is 5.97 Å². The van der Waals surface area contributed by atoms with Crippen molar-refractivity contribution in [1.82, 2.24) is 0 Å². The van der Waals surface area contributed by atoms with E-state index in [1.54, 1.807) is 55.5 Å². The Morgan fingerprint density at radius 2 is 1.74 bits per heavy atom. The summed E-state index contributed by atoms with van der Waals surface area (Å²) in [6.45, 7) is 2.00. The van der Waals surface area contributed by atoms with Crippen molar-refractivity contribution in [3.63, 3.8) is 0 Å². The third-order valence-electron chi connectivity index (χ3n) is 3.77. The number of anilines is 1. The summed E-state index contributed by atoms with van der Waals surface area (Å²) in [5.41, 5.74) is 1.17. The number of esters is 1. The molecule has 0 spiro atoms. The fraction of sp³-hybridized carbons (Fsp3) is 0.235. The highest BCUT2D eigenvalue weighted by Gasteiger charge is 2.43. The molecule has 0 saturated heterocycles. The van der Waals surface area contributed by atoms with Gasteiger partial charge in [-0.2, -0.15) is 0 Å². The van der Waals surface area contributed by atoms with Crippen LogP contribution < -0.4 is 4.31 Å². The van der Waals surface area contributed by atoms with Crippen LogP contribution in [0.25, 0.3) is 0 Å². The quantitative estimate of drug-likeness (QED) is 0.808. The fourth-order valence-corrected chi connectivity index (χ4v) is 4.74. The van der Waals surface area contributed by atoms with Gasteiger partial charge in [0, 0.05) is 0 Å². The van der Waals surface area contributed by atoms with Gasteiger partial charge in [0.25, 0.3) is 10.0 Å². The van der Waals surface area contributed by atoms with E-state index >= 15 is 0 Å². The number of carbonyl (C=O) groups is 1. The van der Waals surface area contributed by atoms with Gasteiger partial charge in [-0.1, -0.05) is 36.4 Å². The Morgan fingerprint density at radius 3 is 2.43 bits per heavy atom. The molecule has 0 aromatic heterocycles. The summed E-state index contributed by atoms with van der Waals surface area (Å²) in [6.07, 6.45) is -0.0149. The summed E-state index contributed by atoms with van der Waals surface area (Å²) < 4.78 is 32.1. The Bertz CT molecular complexity index is 817. The molecule has 5 nitrogen and oxygen atoms in total. The van der Waals surface area contributed by atoms with Crippen molar-refractivity contribution in [3.8, 4) is 0 Å². The molecule has 0 fully saturated rings. The lowest BCUT2D eigenvalue weighted by molar-refractivity contribution is -0.143. The minimum atomic E-state index is -3.68. The molecule has 0 N–H and O–H groups in total. The van der Waals surface area contributed by atoms with E-state index in [4.69, 9.17) is 4.74 Å². The Morgan fingerprint density at radius 1 is 1.09 bits per heavy atom. The average molecular weight is 331 g/mol. The fourth-order valence-electron chi connectivity index (χ4n) is 2.85. The lowest BCUT2D eigenvalue weighted by Gasteiger charge is -2.25. The van der Waals surface area contributed by atoms with Crippen molar-refractivity contribution < 1.29 is 17.9 Å². The van der Waals surface area contributed by atoms with Gasteiger partial charge < -0.3 is 4.74 Å². The van der Waals surface area contributed by atoms with Gasteiger partial charge in [-0.3, -0.25) is 9.10 Å². The van der Waals surface area contributed by atoms with E-state index in [2.05, 4.69) is 0 Å². The van der Waals surface area contributed by atoms with Crippen LogP contribution in [0, 0.1) is 0 Å². The summed E-state index contributed by atoms with van der Waals surface area (Å²) in [6, 6.07) is 15.0. The smallest absolute Gasteiger partial charge is 0.308 e. The molecule has 1 aliphatic rings. The molecule has 1 atom stereocenters. The molecule has 1 heterocycles. The SMILES string of the molecule is CCOC(=O)CC1c2ccccc2S(=O)(=O)N1c1ccccc1. The highest BCUT2D eigenvalue weighted by atomic mass is 32.2. The van der Waals surface area contributed by atoms with Crippen LogP contribution in [0.15, 0.2) is 59.5 Å². The number of sulfonamides is 1. The van der Waals surface area contributed by atoms with E-state index < -0.39 is 22.0 Å². The second-order valence-electron chi connectivity index (χ2n) is 5.20. The van der Waals surface area contributed by atoms with Crippen LogP contribution in [0.2, 0.25) is 0 Å². The molecular weight excluding hydrogens is 314 g/mol. The first-order valence-corrected chi connectivity index (χ1v) is 8.83. The van der Waals surface area contributed by atoms with Crippen molar-refractivity contribution >= 4 is 21.7 Å². The zero-order valence-corrected chi connectivity index (χ0v) is 13.5. The zero-order chi connectivity index (χ0) is 16.4. The number of rotatable bonds is 4. The van der Waals surface area contributed by atoms with Crippen LogP contribution in [-0.2, 0) is 19.6 Å². The maximum Gasteiger partial charge on any atom is 0.308 e. The first kappa shape index (κ1) is 15.6. The van der Waals surface area contributed by atoms with Crippen LogP contribution in [0.1, 0.15) is 24.9 Å². The van der Waals surface area contributed by atoms with Crippen LogP contribution in [0.5, 0.6) is 0 Å². The van der Waals surface area contributed by atoms with Crippen LogP contribution in [0.4, 0.5) is 5.69 Å². The van der Waals surface area contributed by atoms with Gasteiger partial charge in [0.2, 0.25) is 0 Å². The van der Waals surface area contributed by atoms with E-state index in [0.29, 0.717) is 11.3 Å². The van der Waals surface area contributed by atoms with Crippen molar-refractivity contribution in [2.24, 2.45) is 0 Å². The van der Waals surface area contributed by atoms with E-state index in [1.165, 1.54) is 4.31 Å². The number of fused-ring (bicyclic) bond motifs is 1. The molecule has 3 rings (SSSR count). The minimum absolute atomic E-state index is 0.0149. The standard InChI is InChI=1S/C17H17NO4S/c1-2-22-17(19)12-15-14-10-6-7-11-16(14)23(20,21)18(15)13-8-4-3-5-9-13/h3-11,15H,2,12H2,1H3. The molecule has 0 saturated carbocycles. The molecular formula is C17H17NO4S. The van der Waals surface area contributed by atoms with Crippen LogP contribution in [-0.4, -0.2) is 21.0 Å². The van der Waals surface area contributed by atoms with Crippen molar-refractivity contribution in [3.05, 3.63) is 60.2 Å². The van der Waals surface area contributed by atoms with Crippen molar-refractivity contribution in [1.29, 1.82) is 0 Å². The van der Waals surface area contributed by atoms with E-state index in [9.17, 15) is 13.2 Å². The molecule has 0 aliphatic carbocycles. The highest BCUT2D eigenvalue weighted by Crippen LogP contribution is 2.44. The summed E-state index contributed by atoms with van der Waals surface area (Å²) in [5, 5.41) is 0. The maximum absolute atomic E-state index is 12.9. The second kappa shape index (κ2) is 6.04. The second-order valence-corrected chi connectivity index (χ2v) is 6.98. The Hall–Kier alpha value is -2.34. The Balaban J connectivity index is 2.10. The number of nitrogens with zero attached hydrogens (tertiary/aromatic N) is 1. The van der Waals surface area contributed by atoms with E-state index in [-0.39, 0.29) is 17.9 Å². The Labute approximate surface area is 135 Å². The first-order chi connectivity index (χ1) is 11.1. The monoisotopic (exact) mass is 331 g/mol. The molecule has 0 bridgehead atoms. The van der Waals surface area contributed by atoms with Gasteiger partial charge in [-0.25, -0.2) is 8.42 Å². The highest BCUT2D eigenvalue weighted by molar-refractivity contribution is 7.93. The number of benzene rings is 2. The van der Waals surface area contributed by atoms with Crippen LogP contribution >= 0.6 is 0 Å². The van der Waals surface area contributed by atoms with Gasteiger partial charge in [-0.15, -0.1) is 0 Å². The predicted octanol–water partition coefficient (Wildman–Crippen LogP) is 2.89. The largest absolute Gasteiger partial charge is 0.466 e. The molecule has 1 aliphatic heterocycles. The minimum Gasteiger partial charge on any atom is -0.466 e.